The van der Waals surface area contributed by atoms with Crippen molar-refractivity contribution < 1.29 is 9.53 Å². The lowest BCUT2D eigenvalue weighted by atomic mass is 10.3. The van der Waals surface area contributed by atoms with Crippen LogP contribution >= 0.6 is 0 Å². The van der Waals surface area contributed by atoms with Crippen LogP contribution in [0.15, 0.2) is 30.6 Å². The van der Waals surface area contributed by atoms with Crippen LogP contribution in [-0.2, 0) is 11.3 Å². The molecule has 0 N–H and O–H groups in total. The highest BCUT2D eigenvalue weighted by molar-refractivity contribution is 5.76. The normalized spacial score (nSPS) is 17.7. The molecule has 3 rings (SSSR count). The fraction of sp³-hybridized carbons (Fsp3) is 0.438. The van der Waals surface area contributed by atoms with Gasteiger partial charge in [-0.15, -0.1) is 0 Å². The molecule has 1 aliphatic rings. The molecule has 1 fully saturated rings. The van der Waals surface area contributed by atoms with Crippen molar-refractivity contribution in [2.75, 3.05) is 13.1 Å². The second kappa shape index (κ2) is 6.17. The summed E-state index contributed by atoms with van der Waals surface area (Å²) in [6.07, 6.45) is 4.63. The molecule has 1 atom stereocenters. The molecule has 0 radical (unpaired) electrons. The van der Waals surface area contributed by atoms with Crippen LogP contribution in [0.25, 0.3) is 0 Å². The van der Waals surface area contributed by atoms with Crippen LogP contribution in [0.4, 0.5) is 0 Å². The van der Waals surface area contributed by atoms with E-state index in [2.05, 4.69) is 9.97 Å². The van der Waals surface area contributed by atoms with Gasteiger partial charge in [-0.2, -0.15) is 4.98 Å². The molecule has 3 heterocycles. The number of hydrogen-bond donors (Lipinski definition) is 0. The lowest BCUT2D eigenvalue weighted by molar-refractivity contribution is -0.131. The zero-order valence-electron chi connectivity index (χ0n) is 12.9. The van der Waals surface area contributed by atoms with Gasteiger partial charge in [0.2, 0.25) is 11.8 Å². The maximum absolute atomic E-state index is 12.2. The minimum Gasteiger partial charge on any atom is -0.472 e. The average Bonchev–Trinajstić information content (AvgIpc) is 3.09. The molecule has 1 saturated heterocycles. The second-order valence-corrected chi connectivity index (χ2v) is 5.62. The van der Waals surface area contributed by atoms with Gasteiger partial charge in [0.25, 0.3) is 0 Å². The Bertz CT molecular complexity index is 634. The quantitative estimate of drug-likeness (QED) is 0.860. The van der Waals surface area contributed by atoms with Gasteiger partial charge < -0.3 is 14.2 Å². The average molecular weight is 300 g/mol. The van der Waals surface area contributed by atoms with Crippen molar-refractivity contribution in [3.63, 3.8) is 0 Å². The van der Waals surface area contributed by atoms with Gasteiger partial charge in [0.05, 0.1) is 6.54 Å². The van der Waals surface area contributed by atoms with Crippen LogP contribution in [0.3, 0.4) is 0 Å². The summed E-state index contributed by atoms with van der Waals surface area (Å²) in [5.41, 5.74) is 0.890. The molecule has 2 aromatic heterocycles. The molecule has 0 bridgehead atoms. The van der Waals surface area contributed by atoms with Crippen molar-refractivity contribution in [1.29, 1.82) is 0 Å². The van der Waals surface area contributed by atoms with Gasteiger partial charge in [-0.3, -0.25) is 4.79 Å². The first-order chi connectivity index (χ1) is 10.6. The lowest BCUT2D eigenvalue weighted by Crippen LogP contribution is -2.33. The number of nitrogens with zero attached hydrogens (tertiary/aromatic N) is 4. The third-order valence-corrected chi connectivity index (χ3v) is 3.71. The molecule has 116 valence electrons. The Labute approximate surface area is 129 Å². The van der Waals surface area contributed by atoms with Crippen LogP contribution < -0.4 is 4.74 Å². The zero-order chi connectivity index (χ0) is 15.5. The number of aryl methyl sites for hydroxylation is 2. The van der Waals surface area contributed by atoms with Gasteiger partial charge in [0, 0.05) is 37.1 Å². The molecule has 0 saturated carbocycles. The van der Waals surface area contributed by atoms with Crippen LogP contribution in [0.1, 0.15) is 17.9 Å². The van der Waals surface area contributed by atoms with E-state index in [9.17, 15) is 4.79 Å². The third kappa shape index (κ3) is 3.44. The number of likely N-dealkylation sites (tertiary alicyclic amines) is 1. The minimum atomic E-state index is 0.00214. The summed E-state index contributed by atoms with van der Waals surface area (Å²) in [6.45, 7) is 5.49. The minimum absolute atomic E-state index is 0.00214. The summed E-state index contributed by atoms with van der Waals surface area (Å²) in [6, 6.07) is 5.67. The molecule has 1 unspecified atom stereocenters. The largest absolute Gasteiger partial charge is 0.472 e. The van der Waals surface area contributed by atoms with E-state index in [1.807, 2.05) is 53.9 Å². The third-order valence-electron chi connectivity index (χ3n) is 3.71. The summed E-state index contributed by atoms with van der Waals surface area (Å²) >= 11 is 0. The molecule has 0 aromatic carbocycles. The Kier molecular flexibility index (Phi) is 4.09. The Morgan fingerprint density at radius 2 is 2.09 bits per heavy atom. The molecule has 2 aromatic rings. The number of carbonyl (C=O) groups excluding carboxylic acids is 1. The van der Waals surface area contributed by atoms with E-state index in [4.69, 9.17) is 4.74 Å². The molecule has 6 heteroatoms. The maximum atomic E-state index is 12.2. The van der Waals surface area contributed by atoms with E-state index < -0.39 is 0 Å². The number of carbonyl (C=O) groups is 1. The van der Waals surface area contributed by atoms with Crippen molar-refractivity contribution in [3.8, 4) is 5.88 Å². The number of amides is 1. The van der Waals surface area contributed by atoms with E-state index >= 15 is 0 Å². The van der Waals surface area contributed by atoms with Gasteiger partial charge in [0.15, 0.2) is 0 Å². The first kappa shape index (κ1) is 14.6. The van der Waals surface area contributed by atoms with Crippen molar-refractivity contribution in [2.45, 2.75) is 32.9 Å². The Morgan fingerprint density at radius 1 is 1.32 bits per heavy atom. The van der Waals surface area contributed by atoms with Crippen molar-refractivity contribution in [2.24, 2.45) is 0 Å². The highest BCUT2D eigenvalue weighted by atomic mass is 16.5. The van der Waals surface area contributed by atoms with E-state index in [1.165, 1.54) is 0 Å². The van der Waals surface area contributed by atoms with E-state index in [0.717, 1.165) is 18.7 Å². The standard InChI is InChI=1S/C16H20N4O2/c1-12-9-15(18-13(2)17-12)22-14-5-8-20(10-14)16(21)11-19-6-3-4-7-19/h3-4,6-7,9,14H,5,8,10-11H2,1-2H3. The number of rotatable bonds is 4. The fourth-order valence-electron chi connectivity index (χ4n) is 2.70. The second-order valence-electron chi connectivity index (χ2n) is 5.62. The molecule has 1 aliphatic heterocycles. The van der Waals surface area contributed by atoms with Gasteiger partial charge >= 0.3 is 0 Å². The Hall–Kier alpha value is -2.37. The van der Waals surface area contributed by atoms with Gasteiger partial charge in [-0.25, -0.2) is 4.98 Å². The number of aromatic nitrogens is 3. The highest BCUT2D eigenvalue weighted by Gasteiger charge is 2.27. The maximum Gasteiger partial charge on any atom is 0.242 e. The van der Waals surface area contributed by atoms with E-state index in [1.54, 1.807) is 0 Å². The Morgan fingerprint density at radius 3 is 2.82 bits per heavy atom. The van der Waals surface area contributed by atoms with Crippen LogP contribution in [0, 0.1) is 13.8 Å². The SMILES string of the molecule is Cc1cc(OC2CCN(C(=O)Cn3cccc3)C2)nc(C)n1. The molecular formula is C16H20N4O2. The first-order valence-corrected chi connectivity index (χ1v) is 7.47. The topological polar surface area (TPSA) is 60.2 Å². The molecule has 1 amide bonds. The number of ether oxygens (including phenoxy) is 1. The van der Waals surface area contributed by atoms with Crippen LogP contribution in [0.5, 0.6) is 5.88 Å². The highest BCUT2D eigenvalue weighted by Crippen LogP contribution is 2.17. The predicted octanol–water partition coefficient (Wildman–Crippen LogP) is 1.57. The van der Waals surface area contributed by atoms with Crippen LogP contribution in [-0.4, -0.2) is 44.5 Å². The van der Waals surface area contributed by atoms with Crippen molar-refractivity contribution in [1.82, 2.24) is 19.4 Å². The molecule has 6 nitrogen and oxygen atoms in total. The number of hydrogen-bond acceptors (Lipinski definition) is 4. The monoisotopic (exact) mass is 300 g/mol. The summed E-state index contributed by atoms with van der Waals surface area (Å²) in [5.74, 6) is 1.42. The van der Waals surface area contributed by atoms with E-state index in [0.29, 0.717) is 24.8 Å². The summed E-state index contributed by atoms with van der Waals surface area (Å²) in [7, 11) is 0. The molecule has 0 aliphatic carbocycles. The lowest BCUT2D eigenvalue weighted by Gasteiger charge is -2.17. The molecular weight excluding hydrogens is 280 g/mol. The van der Waals surface area contributed by atoms with Crippen molar-refractivity contribution >= 4 is 5.91 Å². The predicted molar refractivity (Wildman–Crippen MR) is 81.6 cm³/mol. The smallest absolute Gasteiger partial charge is 0.242 e. The first-order valence-electron chi connectivity index (χ1n) is 7.47. The van der Waals surface area contributed by atoms with Gasteiger partial charge in [-0.1, -0.05) is 0 Å². The summed E-state index contributed by atoms with van der Waals surface area (Å²) in [5, 5.41) is 0. The Balaban J connectivity index is 1.56. The van der Waals surface area contributed by atoms with Gasteiger partial charge in [-0.05, 0) is 26.0 Å². The van der Waals surface area contributed by atoms with Gasteiger partial charge in [0.1, 0.15) is 18.5 Å². The summed E-state index contributed by atoms with van der Waals surface area (Å²) in [4.78, 5) is 22.6. The fourth-order valence-corrected chi connectivity index (χ4v) is 2.70. The van der Waals surface area contributed by atoms with E-state index in [-0.39, 0.29) is 12.0 Å². The molecule has 0 spiro atoms. The molecule has 22 heavy (non-hydrogen) atoms. The zero-order valence-corrected chi connectivity index (χ0v) is 12.9. The summed E-state index contributed by atoms with van der Waals surface area (Å²) < 4.78 is 7.78. The van der Waals surface area contributed by atoms with Crippen LogP contribution in [0.2, 0.25) is 0 Å². The van der Waals surface area contributed by atoms with Crippen molar-refractivity contribution in [3.05, 3.63) is 42.1 Å².